The Bertz CT molecular complexity index is 545. The summed E-state index contributed by atoms with van der Waals surface area (Å²) in [7, 11) is 3.48. The maximum Gasteiger partial charge on any atom is 0.322 e. The number of aromatic nitrogens is 7. The lowest BCUT2D eigenvalue weighted by atomic mass is 10.5. The molecule has 0 saturated carbocycles. The number of rotatable bonds is 6. The second-order valence-electron chi connectivity index (χ2n) is 3.51. The summed E-state index contributed by atoms with van der Waals surface area (Å²) in [4.78, 5) is 12.5. The second kappa shape index (κ2) is 6.27. The predicted octanol–water partition coefficient (Wildman–Crippen LogP) is 0.377. The van der Waals surface area contributed by atoms with Gasteiger partial charge in [-0.1, -0.05) is 6.92 Å². The van der Waals surface area contributed by atoms with Gasteiger partial charge in [0.15, 0.2) is 0 Å². The van der Waals surface area contributed by atoms with Gasteiger partial charge in [-0.25, -0.2) is 4.68 Å². The van der Waals surface area contributed by atoms with Crippen molar-refractivity contribution in [2.24, 2.45) is 7.05 Å². The van der Waals surface area contributed by atoms with Gasteiger partial charge in [-0.3, -0.25) is 0 Å². The van der Waals surface area contributed by atoms with Gasteiger partial charge in [-0.15, -0.1) is 5.10 Å². The third-order valence-corrected chi connectivity index (χ3v) is 2.91. The van der Waals surface area contributed by atoms with Gasteiger partial charge in [0.25, 0.3) is 0 Å². The maximum absolute atomic E-state index is 5.41. The Morgan fingerprint density at radius 3 is 2.79 bits per heavy atom. The van der Waals surface area contributed by atoms with Gasteiger partial charge in [0.05, 0.1) is 6.61 Å². The molecule has 0 radical (unpaired) electrons. The van der Waals surface area contributed by atoms with Crippen molar-refractivity contribution in [2.45, 2.75) is 23.7 Å². The monoisotopic (exact) mass is 282 g/mol. The van der Waals surface area contributed by atoms with Gasteiger partial charge < -0.3 is 10.1 Å². The first-order valence-corrected chi connectivity index (χ1v) is 6.51. The van der Waals surface area contributed by atoms with Crippen LogP contribution in [-0.2, 0) is 7.05 Å². The minimum Gasteiger partial charge on any atom is -0.463 e. The SMILES string of the molecule is CCCOc1nc(NC)nc(Sc2nnnn2C)n1. The van der Waals surface area contributed by atoms with Crippen molar-refractivity contribution < 1.29 is 4.74 Å². The molecule has 0 fully saturated rings. The highest BCUT2D eigenvalue weighted by molar-refractivity contribution is 7.99. The van der Waals surface area contributed by atoms with Crippen LogP contribution in [0.5, 0.6) is 6.01 Å². The van der Waals surface area contributed by atoms with Gasteiger partial charge in [-0.05, 0) is 28.6 Å². The summed E-state index contributed by atoms with van der Waals surface area (Å²) in [6.45, 7) is 2.57. The first-order chi connectivity index (χ1) is 9.22. The van der Waals surface area contributed by atoms with E-state index in [2.05, 4.69) is 35.8 Å². The molecule has 0 saturated heterocycles. The summed E-state index contributed by atoms with van der Waals surface area (Å²) < 4.78 is 6.96. The Balaban J connectivity index is 2.21. The number of aryl methyl sites for hydroxylation is 1. The summed E-state index contributed by atoms with van der Waals surface area (Å²) in [5, 5.41) is 15.1. The molecule has 10 heteroatoms. The van der Waals surface area contributed by atoms with Gasteiger partial charge in [0.1, 0.15) is 0 Å². The Morgan fingerprint density at radius 2 is 2.16 bits per heavy atom. The molecule has 0 spiro atoms. The molecule has 0 aromatic carbocycles. The van der Waals surface area contributed by atoms with Gasteiger partial charge >= 0.3 is 6.01 Å². The summed E-state index contributed by atoms with van der Waals surface area (Å²) in [6.07, 6.45) is 0.885. The molecule has 2 heterocycles. The molecule has 19 heavy (non-hydrogen) atoms. The highest BCUT2D eigenvalue weighted by Gasteiger charge is 2.11. The molecular formula is C9H14N8OS. The molecule has 2 aromatic heterocycles. The third-order valence-electron chi connectivity index (χ3n) is 2.02. The standard InChI is InChI=1S/C9H14N8OS/c1-4-5-18-7-11-6(10-2)12-8(13-7)19-9-14-15-16-17(9)3/h4-5H2,1-3H3,(H,10,11,12,13). The van der Waals surface area contributed by atoms with Crippen LogP contribution in [0.1, 0.15) is 13.3 Å². The van der Waals surface area contributed by atoms with E-state index < -0.39 is 0 Å². The minimum atomic E-state index is 0.291. The van der Waals surface area contributed by atoms with Gasteiger partial charge in [0, 0.05) is 14.1 Å². The highest BCUT2D eigenvalue weighted by Crippen LogP contribution is 2.23. The van der Waals surface area contributed by atoms with Gasteiger partial charge in [-0.2, -0.15) is 15.0 Å². The van der Waals surface area contributed by atoms with E-state index in [1.807, 2.05) is 6.92 Å². The van der Waals surface area contributed by atoms with Crippen LogP contribution >= 0.6 is 11.8 Å². The number of tetrazole rings is 1. The van der Waals surface area contributed by atoms with Crippen LogP contribution in [0.3, 0.4) is 0 Å². The van der Waals surface area contributed by atoms with E-state index in [0.717, 1.165) is 6.42 Å². The first-order valence-electron chi connectivity index (χ1n) is 5.69. The Labute approximate surface area is 114 Å². The molecule has 9 nitrogen and oxygen atoms in total. The lowest BCUT2D eigenvalue weighted by Crippen LogP contribution is -2.06. The fourth-order valence-corrected chi connectivity index (χ4v) is 1.81. The van der Waals surface area contributed by atoms with E-state index in [9.17, 15) is 0 Å². The van der Waals surface area contributed by atoms with Crippen LogP contribution in [0, 0.1) is 0 Å². The lowest BCUT2D eigenvalue weighted by Gasteiger charge is -2.06. The first kappa shape index (κ1) is 13.5. The molecule has 0 atom stereocenters. The molecule has 0 bridgehead atoms. The van der Waals surface area contributed by atoms with Crippen molar-refractivity contribution in [3.8, 4) is 6.01 Å². The lowest BCUT2D eigenvalue weighted by molar-refractivity contribution is 0.288. The van der Waals surface area contributed by atoms with Crippen LogP contribution in [-0.4, -0.2) is 48.8 Å². The van der Waals surface area contributed by atoms with Crippen molar-refractivity contribution >= 4 is 17.7 Å². The van der Waals surface area contributed by atoms with E-state index in [0.29, 0.717) is 28.9 Å². The van der Waals surface area contributed by atoms with Crippen LogP contribution < -0.4 is 10.1 Å². The predicted molar refractivity (Wildman–Crippen MR) is 68.1 cm³/mol. The Morgan fingerprint density at radius 1 is 1.32 bits per heavy atom. The zero-order chi connectivity index (χ0) is 13.7. The summed E-state index contributed by atoms with van der Waals surface area (Å²) in [6, 6.07) is 0.291. The number of nitrogens with zero attached hydrogens (tertiary/aromatic N) is 7. The topological polar surface area (TPSA) is 104 Å². The van der Waals surface area contributed by atoms with E-state index >= 15 is 0 Å². The van der Waals surface area contributed by atoms with Crippen LogP contribution in [0.25, 0.3) is 0 Å². The van der Waals surface area contributed by atoms with Crippen molar-refractivity contribution in [2.75, 3.05) is 19.0 Å². The smallest absolute Gasteiger partial charge is 0.322 e. The van der Waals surface area contributed by atoms with Crippen LogP contribution in [0.2, 0.25) is 0 Å². The summed E-state index contributed by atoms with van der Waals surface area (Å²) in [5.41, 5.74) is 0. The third kappa shape index (κ3) is 3.50. The number of hydrogen-bond donors (Lipinski definition) is 1. The molecule has 0 aliphatic carbocycles. The summed E-state index contributed by atoms with van der Waals surface area (Å²) >= 11 is 1.24. The average Bonchev–Trinajstić information content (AvgIpc) is 2.81. The Kier molecular flexibility index (Phi) is 4.44. The molecule has 0 aliphatic heterocycles. The molecule has 2 aromatic rings. The molecule has 0 amide bonds. The molecule has 2 rings (SSSR count). The quantitative estimate of drug-likeness (QED) is 0.804. The average molecular weight is 282 g/mol. The van der Waals surface area contributed by atoms with Crippen molar-refractivity contribution in [1.82, 2.24) is 35.2 Å². The van der Waals surface area contributed by atoms with E-state index in [-0.39, 0.29) is 0 Å². The normalized spacial score (nSPS) is 10.5. The largest absolute Gasteiger partial charge is 0.463 e. The fraction of sp³-hybridized carbons (Fsp3) is 0.556. The van der Waals surface area contributed by atoms with Crippen molar-refractivity contribution in [3.05, 3.63) is 0 Å². The molecule has 1 N–H and O–H groups in total. The van der Waals surface area contributed by atoms with Crippen molar-refractivity contribution in [3.63, 3.8) is 0 Å². The number of nitrogens with one attached hydrogen (secondary N) is 1. The maximum atomic E-state index is 5.41. The number of hydrogen-bond acceptors (Lipinski definition) is 9. The van der Waals surface area contributed by atoms with E-state index in [1.54, 1.807) is 18.8 Å². The van der Waals surface area contributed by atoms with E-state index in [4.69, 9.17) is 4.74 Å². The van der Waals surface area contributed by atoms with Crippen LogP contribution in [0.4, 0.5) is 5.95 Å². The zero-order valence-corrected chi connectivity index (χ0v) is 11.7. The van der Waals surface area contributed by atoms with E-state index in [1.165, 1.54) is 11.8 Å². The fourth-order valence-electron chi connectivity index (χ4n) is 1.14. The number of ether oxygens (including phenoxy) is 1. The molecule has 0 unspecified atom stereocenters. The summed E-state index contributed by atoms with van der Waals surface area (Å²) in [5.74, 6) is 0.443. The van der Waals surface area contributed by atoms with Gasteiger partial charge in [0.2, 0.25) is 16.3 Å². The number of anilines is 1. The highest BCUT2D eigenvalue weighted by atomic mass is 32.2. The Hall–Kier alpha value is -1.97. The second-order valence-corrected chi connectivity index (χ2v) is 4.44. The molecule has 102 valence electrons. The van der Waals surface area contributed by atoms with Crippen molar-refractivity contribution in [1.29, 1.82) is 0 Å². The zero-order valence-electron chi connectivity index (χ0n) is 10.9. The minimum absolute atomic E-state index is 0.291. The molecular weight excluding hydrogens is 268 g/mol. The van der Waals surface area contributed by atoms with Crippen LogP contribution in [0.15, 0.2) is 10.3 Å². The molecule has 0 aliphatic rings.